The molecular formula is C13H18N2O2S. The molecule has 0 radical (unpaired) electrons. The van der Waals surface area contributed by atoms with Crippen molar-refractivity contribution in [2.75, 3.05) is 18.1 Å². The highest BCUT2D eigenvalue weighted by atomic mass is 32.2. The lowest BCUT2D eigenvalue weighted by Crippen LogP contribution is -2.30. The number of thioether (sulfide) groups is 1. The summed E-state index contributed by atoms with van der Waals surface area (Å²) < 4.78 is 0.327. The summed E-state index contributed by atoms with van der Waals surface area (Å²) in [5, 5.41) is 12.1. The Balaban J connectivity index is 1.95. The van der Waals surface area contributed by atoms with Crippen LogP contribution < -0.4 is 5.32 Å². The van der Waals surface area contributed by atoms with Crippen molar-refractivity contribution in [2.24, 2.45) is 0 Å². The molecule has 0 aliphatic heterocycles. The second kappa shape index (κ2) is 5.61. The molecule has 1 aliphatic carbocycles. The zero-order chi connectivity index (χ0) is 13.0. The highest BCUT2D eigenvalue weighted by Gasteiger charge is 2.32. The Morgan fingerprint density at radius 1 is 1.50 bits per heavy atom. The van der Waals surface area contributed by atoms with Crippen molar-refractivity contribution >= 4 is 23.5 Å². The molecule has 5 heteroatoms. The van der Waals surface area contributed by atoms with E-state index in [1.807, 2.05) is 11.8 Å². The summed E-state index contributed by atoms with van der Waals surface area (Å²) in [4.78, 5) is 14.8. The van der Waals surface area contributed by atoms with Gasteiger partial charge in [0.25, 0.3) is 0 Å². The van der Waals surface area contributed by atoms with Crippen molar-refractivity contribution in [3.63, 3.8) is 0 Å². The van der Waals surface area contributed by atoms with E-state index in [4.69, 9.17) is 5.11 Å². The van der Waals surface area contributed by atoms with Crippen molar-refractivity contribution in [1.29, 1.82) is 0 Å². The maximum Gasteiger partial charge on any atom is 0.337 e. The number of carbonyl (C=O) groups is 1. The SMILES string of the molecule is CSC1(CNc2ccc(C(=O)O)cn2)CCCC1. The standard InChI is InChI=1S/C13H18N2O2S/c1-18-13(6-2-3-7-13)9-15-11-5-4-10(8-14-11)12(16)17/h4-5,8H,2-3,6-7,9H2,1H3,(H,14,15)(H,16,17). The van der Waals surface area contributed by atoms with Gasteiger partial charge in [-0.25, -0.2) is 9.78 Å². The number of aromatic nitrogens is 1. The number of nitrogens with zero attached hydrogens (tertiary/aromatic N) is 1. The van der Waals surface area contributed by atoms with Crippen molar-refractivity contribution < 1.29 is 9.90 Å². The van der Waals surface area contributed by atoms with Gasteiger partial charge in [-0.3, -0.25) is 0 Å². The van der Waals surface area contributed by atoms with E-state index < -0.39 is 5.97 Å². The number of carboxylic acids is 1. The van der Waals surface area contributed by atoms with Crippen LogP contribution in [-0.2, 0) is 0 Å². The van der Waals surface area contributed by atoms with Gasteiger partial charge in [0.2, 0.25) is 0 Å². The molecule has 1 aliphatic rings. The van der Waals surface area contributed by atoms with Crippen LogP contribution in [0.1, 0.15) is 36.0 Å². The van der Waals surface area contributed by atoms with Crippen LogP contribution in [0.5, 0.6) is 0 Å². The minimum absolute atomic E-state index is 0.223. The van der Waals surface area contributed by atoms with Gasteiger partial charge in [0, 0.05) is 17.5 Å². The Kier molecular flexibility index (Phi) is 4.11. The Bertz CT molecular complexity index is 414. The maximum absolute atomic E-state index is 10.7. The molecule has 1 aromatic heterocycles. The van der Waals surface area contributed by atoms with Crippen molar-refractivity contribution in [2.45, 2.75) is 30.4 Å². The van der Waals surface area contributed by atoms with Crippen LogP contribution in [0.25, 0.3) is 0 Å². The number of carboxylic acid groups (broad SMARTS) is 1. The molecule has 2 N–H and O–H groups in total. The molecule has 1 heterocycles. The molecule has 0 atom stereocenters. The first kappa shape index (κ1) is 13.2. The monoisotopic (exact) mass is 266 g/mol. The molecule has 4 nitrogen and oxygen atoms in total. The first-order chi connectivity index (χ1) is 8.65. The van der Waals surface area contributed by atoms with Crippen molar-refractivity contribution in [3.05, 3.63) is 23.9 Å². The molecule has 0 saturated heterocycles. The van der Waals surface area contributed by atoms with Crippen LogP contribution in [-0.4, -0.2) is 33.6 Å². The zero-order valence-corrected chi connectivity index (χ0v) is 11.3. The van der Waals surface area contributed by atoms with E-state index in [1.165, 1.54) is 31.9 Å². The predicted octanol–water partition coefficient (Wildman–Crippen LogP) is 2.87. The normalized spacial score (nSPS) is 17.6. The van der Waals surface area contributed by atoms with Gasteiger partial charge in [-0.15, -0.1) is 0 Å². The van der Waals surface area contributed by atoms with E-state index >= 15 is 0 Å². The Labute approximate surface area is 111 Å². The first-order valence-electron chi connectivity index (χ1n) is 6.14. The van der Waals surface area contributed by atoms with Crippen LogP contribution in [0.2, 0.25) is 0 Å². The van der Waals surface area contributed by atoms with Crippen molar-refractivity contribution in [3.8, 4) is 0 Å². The summed E-state index contributed by atoms with van der Waals surface area (Å²) >= 11 is 1.92. The third-order valence-corrected chi connectivity index (χ3v) is 4.97. The molecule has 0 aromatic carbocycles. The Morgan fingerprint density at radius 3 is 2.72 bits per heavy atom. The number of hydrogen-bond donors (Lipinski definition) is 2. The fourth-order valence-electron chi connectivity index (χ4n) is 2.35. The van der Waals surface area contributed by atoms with Gasteiger partial charge in [-0.05, 0) is 31.2 Å². The lowest BCUT2D eigenvalue weighted by atomic mass is 10.1. The van der Waals surface area contributed by atoms with E-state index in [0.29, 0.717) is 4.75 Å². The highest BCUT2D eigenvalue weighted by molar-refractivity contribution is 8.00. The van der Waals surface area contributed by atoms with Gasteiger partial charge in [0.1, 0.15) is 5.82 Å². The molecule has 0 bridgehead atoms. The van der Waals surface area contributed by atoms with Crippen LogP contribution in [0.15, 0.2) is 18.3 Å². The molecule has 98 valence electrons. The lowest BCUT2D eigenvalue weighted by molar-refractivity contribution is 0.0696. The molecule has 0 unspecified atom stereocenters. The van der Waals surface area contributed by atoms with Crippen LogP contribution in [0.3, 0.4) is 0 Å². The fraction of sp³-hybridized carbons (Fsp3) is 0.538. The molecule has 0 spiro atoms. The third kappa shape index (κ3) is 2.96. The van der Waals surface area contributed by atoms with Gasteiger partial charge in [0.15, 0.2) is 0 Å². The highest BCUT2D eigenvalue weighted by Crippen LogP contribution is 2.40. The molecule has 1 fully saturated rings. The largest absolute Gasteiger partial charge is 0.478 e. The van der Waals surface area contributed by atoms with Gasteiger partial charge in [0.05, 0.1) is 5.56 Å². The van der Waals surface area contributed by atoms with Crippen LogP contribution >= 0.6 is 11.8 Å². The number of hydrogen-bond acceptors (Lipinski definition) is 4. The van der Waals surface area contributed by atoms with Gasteiger partial charge in [-0.1, -0.05) is 12.8 Å². The van der Waals surface area contributed by atoms with Crippen molar-refractivity contribution in [1.82, 2.24) is 4.98 Å². The van der Waals surface area contributed by atoms with E-state index in [2.05, 4.69) is 16.6 Å². The molecule has 1 saturated carbocycles. The van der Waals surface area contributed by atoms with E-state index in [9.17, 15) is 4.79 Å². The summed E-state index contributed by atoms with van der Waals surface area (Å²) in [6.45, 7) is 0.896. The molecule has 18 heavy (non-hydrogen) atoms. The maximum atomic E-state index is 10.7. The second-order valence-corrected chi connectivity index (χ2v) is 5.96. The lowest BCUT2D eigenvalue weighted by Gasteiger charge is -2.27. The molecule has 1 aromatic rings. The van der Waals surface area contributed by atoms with Crippen LogP contribution in [0, 0.1) is 0 Å². The van der Waals surface area contributed by atoms with Gasteiger partial charge in [-0.2, -0.15) is 11.8 Å². The summed E-state index contributed by atoms with van der Waals surface area (Å²) in [5.41, 5.74) is 0.223. The average Bonchev–Trinajstić information content (AvgIpc) is 2.86. The number of anilines is 1. The topological polar surface area (TPSA) is 62.2 Å². The summed E-state index contributed by atoms with van der Waals surface area (Å²) in [7, 11) is 0. The predicted molar refractivity (Wildman–Crippen MR) is 74.4 cm³/mol. The van der Waals surface area contributed by atoms with Crippen LogP contribution in [0.4, 0.5) is 5.82 Å². The summed E-state index contributed by atoms with van der Waals surface area (Å²) in [6, 6.07) is 3.31. The quantitative estimate of drug-likeness (QED) is 0.858. The third-order valence-electron chi connectivity index (χ3n) is 3.55. The second-order valence-electron chi connectivity index (χ2n) is 4.69. The molecule has 2 rings (SSSR count). The smallest absolute Gasteiger partial charge is 0.337 e. The van der Waals surface area contributed by atoms with Gasteiger partial charge < -0.3 is 10.4 Å². The number of nitrogens with one attached hydrogen (secondary N) is 1. The summed E-state index contributed by atoms with van der Waals surface area (Å²) in [6.07, 6.45) is 8.64. The Morgan fingerprint density at radius 2 is 2.22 bits per heavy atom. The number of rotatable bonds is 5. The summed E-state index contributed by atoms with van der Waals surface area (Å²) in [5.74, 6) is -0.189. The van der Waals surface area contributed by atoms with E-state index in [1.54, 1.807) is 12.1 Å². The van der Waals surface area contributed by atoms with Gasteiger partial charge >= 0.3 is 5.97 Å². The van der Waals surface area contributed by atoms with E-state index in [0.717, 1.165) is 12.4 Å². The fourth-order valence-corrected chi connectivity index (χ4v) is 3.26. The Hall–Kier alpha value is -1.23. The minimum Gasteiger partial charge on any atom is -0.478 e. The number of pyridine rings is 1. The average molecular weight is 266 g/mol. The first-order valence-corrected chi connectivity index (χ1v) is 7.36. The minimum atomic E-state index is -0.939. The molecular weight excluding hydrogens is 248 g/mol. The number of aromatic carboxylic acids is 1. The molecule has 0 amide bonds. The van der Waals surface area contributed by atoms with E-state index in [-0.39, 0.29) is 5.56 Å². The zero-order valence-electron chi connectivity index (χ0n) is 10.5.